The number of esters is 1. The third-order valence-corrected chi connectivity index (χ3v) is 4.34. The Hall–Kier alpha value is -2.03. The van der Waals surface area contributed by atoms with E-state index in [0.717, 1.165) is 0 Å². The zero-order valence-electron chi connectivity index (χ0n) is 14.0. The molecule has 0 aromatic carbocycles. The third-order valence-electron chi connectivity index (χ3n) is 4.07. The SMILES string of the molecule is CCOC(=O)C1CCCN(C(=O)Cn2cc(C(F)(F)F)cc(Cl)c2=O)C1. The van der Waals surface area contributed by atoms with Gasteiger partial charge in [0.1, 0.15) is 11.6 Å². The fourth-order valence-electron chi connectivity index (χ4n) is 2.77. The number of alkyl halides is 3. The number of carbonyl (C=O) groups excluding carboxylic acids is 2. The quantitative estimate of drug-likeness (QED) is 0.735. The molecule has 2 heterocycles. The van der Waals surface area contributed by atoms with Gasteiger partial charge in [-0.05, 0) is 25.8 Å². The number of hydrogen-bond acceptors (Lipinski definition) is 4. The van der Waals surface area contributed by atoms with Crippen molar-refractivity contribution in [3.05, 3.63) is 33.2 Å². The number of halogens is 4. The summed E-state index contributed by atoms with van der Waals surface area (Å²) in [5.41, 5.74) is -2.00. The molecule has 1 atom stereocenters. The second-order valence-electron chi connectivity index (χ2n) is 5.94. The van der Waals surface area contributed by atoms with E-state index in [1.807, 2.05) is 0 Å². The molecule has 6 nitrogen and oxygen atoms in total. The van der Waals surface area contributed by atoms with Crippen LogP contribution >= 0.6 is 11.6 Å². The largest absolute Gasteiger partial charge is 0.466 e. The van der Waals surface area contributed by atoms with Crippen LogP contribution in [0.25, 0.3) is 0 Å². The summed E-state index contributed by atoms with van der Waals surface area (Å²) in [6, 6.07) is 0.530. The van der Waals surface area contributed by atoms with Crippen LogP contribution in [-0.4, -0.2) is 41.0 Å². The maximum absolute atomic E-state index is 12.9. The number of ether oxygens (including phenoxy) is 1. The molecule has 0 bridgehead atoms. The molecular weight excluding hydrogens is 377 g/mol. The number of hydrogen-bond donors (Lipinski definition) is 0. The Bertz CT molecular complexity index is 748. The Kier molecular flexibility index (Phi) is 6.33. The normalized spacial score (nSPS) is 17.9. The minimum Gasteiger partial charge on any atom is -0.466 e. The fraction of sp³-hybridized carbons (Fsp3) is 0.562. The highest BCUT2D eigenvalue weighted by atomic mass is 35.5. The summed E-state index contributed by atoms with van der Waals surface area (Å²) in [6.45, 7) is 1.78. The zero-order chi connectivity index (χ0) is 19.5. The fourth-order valence-corrected chi connectivity index (χ4v) is 3.00. The van der Waals surface area contributed by atoms with Crippen molar-refractivity contribution in [2.75, 3.05) is 19.7 Å². The summed E-state index contributed by atoms with van der Waals surface area (Å²) in [5, 5.41) is -0.615. The van der Waals surface area contributed by atoms with Crippen molar-refractivity contribution in [2.45, 2.75) is 32.5 Å². The molecule has 1 unspecified atom stereocenters. The van der Waals surface area contributed by atoms with E-state index in [4.69, 9.17) is 16.3 Å². The summed E-state index contributed by atoms with van der Waals surface area (Å²) < 4.78 is 44.2. The van der Waals surface area contributed by atoms with Crippen molar-refractivity contribution in [3.8, 4) is 0 Å². The van der Waals surface area contributed by atoms with Gasteiger partial charge in [0.2, 0.25) is 5.91 Å². The smallest absolute Gasteiger partial charge is 0.417 e. The van der Waals surface area contributed by atoms with Gasteiger partial charge in [-0.1, -0.05) is 11.6 Å². The van der Waals surface area contributed by atoms with Crippen LogP contribution in [0, 0.1) is 5.92 Å². The lowest BCUT2D eigenvalue weighted by Gasteiger charge is -2.31. The van der Waals surface area contributed by atoms with Crippen LogP contribution in [0.15, 0.2) is 17.1 Å². The van der Waals surface area contributed by atoms with E-state index < -0.39 is 46.7 Å². The van der Waals surface area contributed by atoms with E-state index in [0.29, 0.717) is 36.2 Å². The summed E-state index contributed by atoms with van der Waals surface area (Å²) in [7, 11) is 0. The maximum Gasteiger partial charge on any atom is 0.417 e. The van der Waals surface area contributed by atoms with Crippen molar-refractivity contribution in [1.29, 1.82) is 0 Å². The Morgan fingerprint density at radius 2 is 2.08 bits per heavy atom. The average Bonchev–Trinajstić information content (AvgIpc) is 2.58. The molecule has 0 N–H and O–H groups in total. The monoisotopic (exact) mass is 394 g/mol. The molecule has 1 amide bonds. The molecular formula is C16H18ClF3N2O4. The van der Waals surface area contributed by atoms with Crippen LogP contribution in [0.3, 0.4) is 0 Å². The second kappa shape index (κ2) is 8.11. The Morgan fingerprint density at radius 1 is 1.38 bits per heavy atom. The molecule has 1 aliphatic heterocycles. The predicted molar refractivity (Wildman–Crippen MR) is 86.7 cm³/mol. The van der Waals surface area contributed by atoms with Gasteiger partial charge >= 0.3 is 12.1 Å². The minimum atomic E-state index is -4.69. The molecule has 10 heteroatoms. The van der Waals surface area contributed by atoms with Crippen LogP contribution in [0.1, 0.15) is 25.3 Å². The third kappa shape index (κ3) is 4.78. The van der Waals surface area contributed by atoms with E-state index in [1.165, 1.54) is 4.90 Å². The van der Waals surface area contributed by atoms with Gasteiger partial charge in [0.15, 0.2) is 0 Å². The van der Waals surface area contributed by atoms with Crippen LogP contribution in [0.5, 0.6) is 0 Å². The van der Waals surface area contributed by atoms with Gasteiger partial charge < -0.3 is 14.2 Å². The highest BCUT2D eigenvalue weighted by Crippen LogP contribution is 2.29. The van der Waals surface area contributed by atoms with Crippen LogP contribution in [-0.2, 0) is 27.0 Å². The molecule has 2 rings (SSSR count). The summed E-state index contributed by atoms with van der Waals surface area (Å²) in [6.07, 6.45) is -2.99. The number of amides is 1. The van der Waals surface area contributed by atoms with Gasteiger partial charge in [0.25, 0.3) is 5.56 Å². The van der Waals surface area contributed by atoms with E-state index in [1.54, 1.807) is 6.92 Å². The van der Waals surface area contributed by atoms with Crippen LogP contribution < -0.4 is 5.56 Å². The Balaban J connectivity index is 2.15. The zero-order valence-corrected chi connectivity index (χ0v) is 14.8. The number of pyridine rings is 1. The molecule has 0 saturated carbocycles. The van der Waals surface area contributed by atoms with Crippen molar-refractivity contribution >= 4 is 23.5 Å². The topological polar surface area (TPSA) is 68.6 Å². The number of likely N-dealkylation sites (tertiary alicyclic amines) is 1. The summed E-state index contributed by atoms with van der Waals surface area (Å²) in [5.74, 6) is -1.45. The van der Waals surface area contributed by atoms with Crippen molar-refractivity contribution < 1.29 is 27.5 Å². The number of carbonyl (C=O) groups is 2. The molecule has 0 aliphatic carbocycles. The number of rotatable bonds is 4. The molecule has 1 fully saturated rings. The number of nitrogens with zero attached hydrogens (tertiary/aromatic N) is 2. The van der Waals surface area contributed by atoms with Crippen molar-refractivity contribution in [2.24, 2.45) is 5.92 Å². The molecule has 0 radical (unpaired) electrons. The highest BCUT2D eigenvalue weighted by molar-refractivity contribution is 6.30. The molecule has 1 aromatic heterocycles. The lowest BCUT2D eigenvalue weighted by Crippen LogP contribution is -2.45. The molecule has 144 valence electrons. The summed E-state index contributed by atoms with van der Waals surface area (Å²) >= 11 is 5.57. The molecule has 1 saturated heterocycles. The summed E-state index contributed by atoms with van der Waals surface area (Å²) in [4.78, 5) is 37.5. The van der Waals surface area contributed by atoms with Crippen molar-refractivity contribution in [1.82, 2.24) is 9.47 Å². The Labute approximate surface area is 152 Å². The second-order valence-corrected chi connectivity index (χ2v) is 6.35. The first-order chi connectivity index (χ1) is 12.1. The predicted octanol–water partition coefficient (Wildman–Crippen LogP) is 2.32. The van der Waals surface area contributed by atoms with E-state index >= 15 is 0 Å². The van der Waals surface area contributed by atoms with E-state index in [-0.39, 0.29) is 13.2 Å². The first kappa shape index (κ1) is 20.3. The van der Waals surface area contributed by atoms with Gasteiger partial charge in [-0.2, -0.15) is 13.2 Å². The molecule has 1 aliphatic rings. The van der Waals surface area contributed by atoms with Gasteiger partial charge in [-0.15, -0.1) is 0 Å². The standard InChI is InChI=1S/C16H18ClF3N2O4/c1-2-26-15(25)10-4-3-5-21(7-10)13(23)9-22-8-11(16(18,19)20)6-12(17)14(22)24/h6,8,10H,2-5,7,9H2,1H3. The maximum atomic E-state index is 12.9. The van der Waals surface area contributed by atoms with Crippen molar-refractivity contribution in [3.63, 3.8) is 0 Å². The molecule has 1 aromatic rings. The number of piperidine rings is 1. The van der Waals surface area contributed by atoms with E-state index in [2.05, 4.69) is 0 Å². The highest BCUT2D eigenvalue weighted by Gasteiger charge is 2.33. The lowest BCUT2D eigenvalue weighted by atomic mass is 9.98. The van der Waals surface area contributed by atoms with Gasteiger partial charge in [-0.25, -0.2) is 0 Å². The van der Waals surface area contributed by atoms with Gasteiger partial charge in [0.05, 0.1) is 18.1 Å². The van der Waals surface area contributed by atoms with Gasteiger partial charge in [-0.3, -0.25) is 14.4 Å². The first-order valence-electron chi connectivity index (χ1n) is 8.05. The lowest BCUT2D eigenvalue weighted by molar-refractivity contribution is -0.151. The van der Waals surface area contributed by atoms with Crippen LogP contribution in [0.4, 0.5) is 13.2 Å². The average molecular weight is 395 g/mol. The van der Waals surface area contributed by atoms with E-state index in [9.17, 15) is 27.6 Å². The van der Waals surface area contributed by atoms with Gasteiger partial charge in [0, 0.05) is 19.3 Å². The number of aromatic nitrogens is 1. The minimum absolute atomic E-state index is 0.110. The molecule has 26 heavy (non-hydrogen) atoms. The van der Waals surface area contributed by atoms with Crippen LogP contribution in [0.2, 0.25) is 5.02 Å². The first-order valence-corrected chi connectivity index (χ1v) is 8.43. The Morgan fingerprint density at radius 3 is 2.69 bits per heavy atom. The molecule has 0 spiro atoms.